The summed E-state index contributed by atoms with van der Waals surface area (Å²) >= 11 is 3.40. The number of hydrogen-bond acceptors (Lipinski definition) is 3. The van der Waals surface area contributed by atoms with Gasteiger partial charge in [0.15, 0.2) is 0 Å². The highest BCUT2D eigenvalue weighted by Crippen LogP contribution is 2.20. The number of rotatable bonds is 5. The topological polar surface area (TPSA) is 64.7 Å². The van der Waals surface area contributed by atoms with Crippen LogP contribution in [0.3, 0.4) is 0 Å². The van der Waals surface area contributed by atoms with E-state index in [-0.39, 0.29) is 23.9 Å². The van der Waals surface area contributed by atoms with Gasteiger partial charge in [-0.25, -0.2) is 0 Å². The number of aryl methyl sites for hydroxylation is 1. The van der Waals surface area contributed by atoms with E-state index < -0.39 is 0 Å². The average Bonchev–Trinajstić information content (AvgIpc) is 2.99. The van der Waals surface area contributed by atoms with Crippen LogP contribution >= 0.6 is 15.9 Å². The molecule has 22 heavy (non-hydrogen) atoms. The molecule has 0 saturated heterocycles. The SMILES string of the molecule is Cc1nn(CC(=O)N[C@H](Cn2cccn2)C(C)(C)C)cc1Br. The van der Waals surface area contributed by atoms with Crippen LogP contribution in [0.5, 0.6) is 0 Å². The number of hydrogen-bond donors (Lipinski definition) is 1. The quantitative estimate of drug-likeness (QED) is 0.881. The molecule has 0 aliphatic heterocycles. The molecule has 2 aromatic rings. The van der Waals surface area contributed by atoms with E-state index in [1.54, 1.807) is 10.9 Å². The standard InChI is InChI=1S/C15H22BrN5O/c1-11-12(16)8-21(19-11)10-14(22)18-13(15(2,3)4)9-20-7-5-6-17-20/h5-8,13H,9-10H2,1-4H3,(H,18,22)/t13-/m1/s1. The Morgan fingerprint density at radius 2 is 2.14 bits per heavy atom. The van der Waals surface area contributed by atoms with Gasteiger partial charge >= 0.3 is 0 Å². The predicted molar refractivity (Wildman–Crippen MR) is 88.3 cm³/mol. The first kappa shape index (κ1) is 16.7. The summed E-state index contributed by atoms with van der Waals surface area (Å²) in [5.41, 5.74) is 0.805. The number of carbonyl (C=O) groups is 1. The van der Waals surface area contributed by atoms with Crippen molar-refractivity contribution >= 4 is 21.8 Å². The van der Waals surface area contributed by atoms with Crippen molar-refractivity contribution in [3.8, 4) is 0 Å². The van der Waals surface area contributed by atoms with Gasteiger partial charge in [-0.3, -0.25) is 14.2 Å². The highest BCUT2D eigenvalue weighted by molar-refractivity contribution is 9.10. The Kier molecular flexibility index (Phi) is 5.05. The van der Waals surface area contributed by atoms with Crippen LogP contribution in [-0.4, -0.2) is 31.5 Å². The Balaban J connectivity index is 2.01. The van der Waals surface area contributed by atoms with Crippen LogP contribution in [0.25, 0.3) is 0 Å². The fourth-order valence-electron chi connectivity index (χ4n) is 2.09. The van der Waals surface area contributed by atoms with Crippen LogP contribution in [0.4, 0.5) is 0 Å². The average molecular weight is 368 g/mol. The smallest absolute Gasteiger partial charge is 0.242 e. The zero-order chi connectivity index (χ0) is 16.3. The van der Waals surface area contributed by atoms with Gasteiger partial charge in [-0.1, -0.05) is 20.8 Å². The highest BCUT2D eigenvalue weighted by Gasteiger charge is 2.27. The van der Waals surface area contributed by atoms with Crippen molar-refractivity contribution in [3.63, 3.8) is 0 Å². The molecule has 0 aliphatic carbocycles. The Bertz CT molecular complexity index is 607. The molecule has 0 radical (unpaired) electrons. The minimum absolute atomic E-state index is 0.0139. The van der Waals surface area contributed by atoms with Gasteiger partial charge in [0.1, 0.15) is 6.54 Å². The molecule has 1 amide bonds. The number of aromatic nitrogens is 4. The summed E-state index contributed by atoms with van der Waals surface area (Å²) in [6.07, 6.45) is 5.46. The van der Waals surface area contributed by atoms with E-state index in [4.69, 9.17) is 0 Å². The van der Waals surface area contributed by atoms with Gasteiger partial charge in [0.25, 0.3) is 0 Å². The normalized spacial score (nSPS) is 13.1. The zero-order valence-electron chi connectivity index (χ0n) is 13.4. The van der Waals surface area contributed by atoms with E-state index in [9.17, 15) is 4.79 Å². The lowest BCUT2D eigenvalue weighted by atomic mass is 9.86. The molecule has 2 rings (SSSR count). The van der Waals surface area contributed by atoms with Crippen molar-refractivity contribution in [2.24, 2.45) is 5.41 Å². The third kappa shape index (κ3) is 4.43. The molecule has 120 valence electrons. The van der Waals surface area contributed by atoms with Gasteiger partial charge in [0, 0.05) is 18.6 Å². The first-order valence-corrected chi connectivity index (χ1v) is 8.01. The third-order valence-electron chi connectivity index (χ3n) is 3.50. The molecule has 6 nitrogen and oxygen atoms in total. The van der Waals surface area contributed by atoms with Gasteiger partial charge in [-0.2, -0.15) is 10.2 Å². The van der Waals surface area contributed by atoms with Gasteiger partial charge in [0.2, 0.25) is 5.91 Å². The molecule has 2 aromatic heterocycles. The number of halogens is 1. The molecular formula is C15H22BrN5O. The second-order valence-corrected chi connectivity index (χ2v) is 7.33. The predicted octanol–water partition coefficient (Wildman–Crippen LogP) is 2.38. The van der Waals surface area contributed by atoms with Crippen molar-refractivity contribution in [2.45, 2.75) is 46.8 Å². The monoisotopic (exact) mass is 367 g/mol. The summed E-state index contributed by atoms with van der Waals surface area (Å²) in [5, 5.41) is 11.6. The number of amides is 1. The largest absolute Gasteiger partial charge is 0.349 e. The molecule has 0 fully saturated rings. The van der Waals surface area contributed by atoms with E-state index in [1.165, 1.54) is 0 Å². The van der Waals surface area contributed by atoms with E-state index >= 15 is 0 Å². The molecule has 1 N–H and O–H groups in total. The highest BCUT2D eigenvalue weighted by atomic mass is 79.9. The van der Waals surface area contributed by atoms with Crippen LogP contribution in [-0.2, 0) is 17.9 Å². The lowest BCUT2D eigenvalue weighted by Gasteiger charge is -2.31. The molecule has 2 heterocycles. The van der Waals surface area contributed by atoms with Crippen LogP contribution in [0.2, 0.25) is 0 Å². The first-order valence-electron chi connectivity index (χ1n) is 7.22. The van der Waals surface area contributed by atoms with Gasteiger partial charge in [-0.05, 0) is 34.3 Å². The van der Waals surface area contributed by atoms with Crippen molar-refractivity contribution in [2.75, 3.05) is 0 Å². The molecule has 0 bridgehead atoms. The summed E-state index contributed by atoms with van der Waals surface area (Å²) in [4.78, 5) is 12.3. The molecule has 0 aromatic carbocycles. The molecule has 0 unspecified atom stereocenters. The van der Waals surface area contributed by atoms with E-state index in [0.29, 0.717) is 6.54 Å². The maximum atomic E-state index is 12.3. The minimum Gasteiger partial charge on any atom is -0.349 e. The van der Waals surface area contributed by atoms with Gasteiger partial charge in [-0.15, -0.1) is 0 Å². The van der Waals surface area contributed by atoms with Crippen molar-refractivity contribution in [3.05, 3.63) is 34.8 Å². The van der Waals surface area contributed by atoms with Gasteiger partial charge in [0.05, 0.1) is 22.8 Å². The van der Waals surface area contributed by atoms with Gasteiger partial charge < -0.3 is 5.32 Å². The fourth-order valence-corrected chi connectivity index (χ4v) is 2.41. The summed E-state index contributed by atoms with van der Waals surface area (Å²) in [5.74, 6) is -0.0536. The zero-order valence-corrected chi connectivity index (χ0v) is 15.0. The molecular weight excluding hydrogens is 346 g/mol. The maximum absolute atomic E-state index is 12.3. The molecule has 0 spiro atoms. The van der Waals surface area contributed by atoms with E-state index in [2.05, 4.69) is 52.2 Å². The van der Waals surface area contributed by atoms with Crippen LogP contribution < -0.4 is 5.32 Å². The second-order valence-electron chi connectivity index (χ2n) is 6.47. The maximum Gasteiger partial charge on any atom is 0.242 e. The van der Waals surface area contributed by atoms with Crippen molar-refractivity contribution in [1.29, 1.82) is 0 Å². The van der Waals surface area contributed by atoms with Crippen LogP contribution in [0.1, 0.15) is 26.5 Å². The minimum atomic E-state index is -0.0672. The number of carbonyl (C=O) groups excluding carboxylic acids is 1. The Morgan fingerprint density at radius 3 is 2.64 bits per heavy atom. The number of nitrogens with one attached hydrogen (secondary N) is 1. The molecule has 1 atom stereocenters. The lowest BCUT2D eigenvalue weighted by molar-refractivity contribution is -0.123. The van der Waals surface area contributed by atoms with E-state index in [0.717, 1.165) is 10.2 Å². The third-order valence-corrected chi connectivity index (χ3v) is 4.28. The van der Waals surface area contributed by atoms with Crippen LogP contribution in [0, 0.1) is 12.3 Å². The Labute approximate surface area is 139 Å². The first-order chi connectivity index (χ1) is 10.3. The summed E-state index contributed by atoms with van der Waals surface area (Å²) in [6.45, 7) is 9.07. The Hall–Kier alpha value is -1.63. The number of nitrogens with zero attached hydrogens (tertiary/aromatic N) is 4. The van der Waals surface area contributed by atoms with E-state index in [1.807, 2.05) is 30.1 Å². The lowest BCUT2D eigenvalue weighted by Crippen LogP contribution is -2.47. The fraction of sp³-hybridized carbons (Fsp3) is 0.533. The molecule has 0 saturated carbocycles. The summed E-state index contributed by atoms with van der Waals surface area (Å²) < 4.78 is 4.39. The van der Waals surface area contributed by atoms with Crippen molar-refractivity contribution in [1.82, 2.24) is 24.9 Å². The molecule has 7 heteroatoms. The summed E-state index contributed by atoms with van der Waals surface area (Å²) in [7, 11) is 0. The molecule has 0 aliphatic rings. The van der Waals surface area contributed by atoms with Crippen LogP contribution in [0.15, 0.2) is 29.1 Å². The Morgan fingerprint density at radius 1 is 1.41 bits per heavy atom. The summed E-state index contributed by atoms with van der Waals surface area (Å²) in [6, 6.07) is 1.87. The second kappa shape index (κ2) is 6.64. The van der Waals surface area contributed by atoms with Crippen molar-refractivity contribution < 1.29 is 4.79 Å².